The van der Waals surface area contributed by atoms with Crippen molar-refractivity contribution < 1.29 is 32.2 Å². The van der Waals surface area contributed by atoms with E-state index in [-0.39, 0.29) is 22.0 Å². The van der Waals surface area contributed by atoms with E-state index in [0.29, 0.717) is 28.0 Å². The van der Waals surface area contributed by atoms with Crippen LogP contribution in [0.5, 0.6) is 28.7 Å². The molecule has 4 aromatic carbocycles. The topological polar surface area (TPSA) is 103 Å². The molecule has 0 aliphatic rings. The highest BCUT2D eigenvalue weighted by Gasteiger charge is 2.28. The van der Waals surface area contributed by atoms with E-state index in [9.17, 15) is 13.2 Å². The smallest absolute Gasteiger partial charge is 0.264 e. The Morgan fingerprint density at radius 1 is 0.780 bits per heavy atom. The number of nitrogens with one attached hydrogen (secondary N) is 1. The number of hydrogen-bond acceptors (Lipinski definition) is 7. The maximum Gasteiger partial charge on any atom is 0.264 e. The normalized spacial score (nSPS) is 11.0. The van der Waals surface area contributed by atoms with E-state index in [1.54, 1.807) is 54.6 Å². The van der Waals surface area contributed by atoms with Crippen molar-refractivity contribution in [2.75, 3.05) is 37.5 Å². The molecule has 1 amide bonds. The Labute approximate surface area is 244 Å². The Morgan fingerprint density at radius 3 is 2.05 bits per heavy atom. The summed E-state index contributed by atoms with van der Waals surface area (Å²) in [7, 11) is 0.255. The van der Waals surface area contributed by atoms with Gasteiger partial charge in [0, 0.05) is 11.1 Å². The maximum atomic E-state index is 13.8. The van der Waals surface area contributed by atoms with Crippen molar-refractivity contribution in [3.63, 3.8) is 0 Å². The summed E-state index contributed by atoms with van der Waals surface area (Å²) >= 11 is 6.23. The summed E-state index contributed by atoms with van der Waals surface area (Å²) in [5.74, 6) is 1.27. The number of halogens is 1. The Hall–Kier alpha value is -4.41. The Bertz CT molecular complexity index is 1640. The Kier molecular flexibility index (Phi) is 9.26. The first-order chi connectivity index (χ1) is 19.7. The van der Waals surface area contributed by atoms with Crippen molar-refractivity contribution >= 4 is 38.9 Å². The summed E-state index contributed by atoms with van der Waals surface area (Å²) in [6.45, 7) is 1.29. The first-order valence-corrected chi connectivity index (χ1v) is 14.2. The summed E-state index contributed by atoms with van der Waals surface area (Å²) in [5.41, 5.74) is 1.34. The number of rotatable bonds is 11. The minimum absolute atomic E-state index is 0.0219. The number of benzene rings is 4. The zero-order chi connectivity index (χ0) is 29.6. The molecule has 0 aromatic heterocycles. The summed E-state index contributed by atoms with van der Waals surface area (Å²) in [4.78, 5) is 13.5. The van der Waals surface area contributed by atoms with Crippen molar-refractivity contribution in [2.45, 2.75) is 11.8 Å². The van der Waals surface area contributed by atoms with E-state index in [1.807, 2.05) is 6.92 Å². The molecule has 11 heteroatoms. The maximum absolute atomic E-state index is 13.8. The number of sulfonamides is 1. The van der Waals surface area contributed by atoms with Gasteiger partial charge in [-0.05, 0) is 61.5 Å². The van der Waals surface area contributed by atoms with Gasteiger partial charge in [-0.3, -0.25) is 9.10 Å². The number of ether oxygens (including phenoxy) is 4. The fourth-order valence-electron chi connectivity index (χ4n) is 3.96. The molecule has 41 heavy (non-hydrogen) atoms. The van der Waals surface area contributed by atoms with Crippen molar-refractivity contribution in [3.8, 4) is 28.7 Å². The lowest BCUT2D eigenvalue weighted by molar-refractivity contribution is -0.114. The van der Waals surface area contributed by atoms with Crippen LogP contribution >= 0.6 is 11.6 Å². The van der Waals surface area contributed by atoms with Crippen LogP contribution in [0.15, 0.2) is 89.8 Å². The van der Waals surface area contributed by atoms with Gasteiger partial charge in [0.25, 0.3) is 10.0 Å². The molecule has 214 valence electrons. The van der Waals surface area contributed by atoms with Crippen molar-refractivity contribution in [1.82, 2.24) is 0 Å². The van der Waals surface area contributed by atoms with E-state index in [0.717, 1.165) is 9.87 Å². The minimum Gasteiger partial charge on any atom is -0.493 e. The van der Waals surface area contributed by atoms with Gasteiger partial charge < -0.3 is 24.3 Å². The van der Waals surface area contributed by atoms with Gasteiger partial charge >= 0.3 is 0 Å². The second-order valence-corrected chi connectivity index (χ2v) is 11.1. The third-order valence-electron chi connectivity index (χ3n) is 6.06. The average molecular weight is 597 g/mol. The average Bonchev–Trinajstić information content (AvgIpc) is 2.97. The number of carbonyl (C=O) groups excluding carboxylic acids is 1. The minimum atomic E-state index is -4.18. The van der Waals surface area contributed by atoms with Gasteiger partial charge in [0.05, 0.1) is 37.6 Å². The third kappa shape index (κ3) is 6.85. The van der Waals surface area contributed by atoms with Gasteiger partial charge in [-0.15, -0.1) is 0 Å². The van der Waals surface area contributed by atoms with Gasteiger partial charge in [0.15, 0.2) is 28.7 Å². The highest BCUT2D eigenvalue weighted by Crippen LogP contribution is 2.37. The molecule has 0 saturated heterocycles. The number of para-hydroxylation sites is 2. The fourth-order valence-corrected chi connectivity index (χ4v) is 5.55. The Morgan fingerprint density at radius 2 is 1.39 bits per heavy atom. The van der Waals surface area contributed by atoms with Crippen LogP contribution in [0.1, 0.15) is 5.56 Å². The molecule has 4 rings (SSSR count). The molecule has 0 aliphatic carbocycles. The predicted molar refractivity (Wildman–Crippen MR) is 158 cm³/mol. The molecule has 0 unspecified atom stereocenters. The van der Waals surface area contributed by atoms with Crippen molar-refractivity contribution in [1.29, 1.82) is 0 Å². The van der Waals surface area contributed by atoms with Crippen LogP contribution in [0.2, 0.25) is 5.02 Å². The van der Waals surface area contributed by atoms with Gasteiger partial charge in [0.2, 0.25) is 5.91 Å². The molecule has 0 atom stereocenters. The number of hydrogen-bond donors (Lipinski definition) is 1. The first-order valence-electron chi connectivity index (χ1n) is 12.4. The number of amides is 1. The van der Waals surface area contributed by atoms with Gasteiger partial charge in [0.1, 0.15) is 6.54 Å². The summed E-state index contributed by atoms with van der Waals surface area (Å²) in [6.07, 6.45) is 0. The molecule has 1 N–H and O–H groups in total. The zero-order valence-electron chi connectivity index (χ0n) is 22.9. The van der Waals surface area contributed by atoms with Crippen LogP contribution in [0.4, 0.5) is 11.4 Å². The van der Waals surface area contributed by atoms with E-state index in [4.69, 9.17) is 30.5 Å². The van der Waals surface area contributed by atoms with E-state index in [2.05, 4.69) is 5.32 Å². The number of nitrogens with zero attached hydrogens (tertiary/aromatic N) is 1. The standard InChI is InChI=1S/C30H29ClN2O7S/c1-20-9-13-23(14-10-20)41(35,36)33(22-12-16-27(38-3)29(18-22)39-4)19-30(34)32-24-17-21(31)11-15-25(24)40-28-8-6-5-7-26(28)37-2/h5-18H,19H2,1-4H3,(H,32,34). The summed E-state index contributed by atoms with van der Waals surface area (Å²) in [6, 6.07) is 22.7. The van der Waals surface area contributed by atoms with Gasteiger partial charge in [-0.25, -0.2) is 8.42 Å². The molecule has 0 heterocycles. The largest absolute Gasteiger partial charge is 0.493 e. The van der Waals surface area contributed by atoms with Crippen molar-refractivity contribution in [2.24, 2.45) is 0 Å². The lowest BCUT2D eigenvalue weighted by Crippen LogP contribution is -2.38. The van der Waals surface area contributed by atoms with Crippen LogP contribution in [0.3, 0.4) is 0 Å². The lowest BCUT2D eigenvalue weighted by atomic mass is 10.2. The van der Waals surface area contributed by atoms with Crippen LogP contribution < -0.4 is 28.6 Å². The number of aryl methyl sites for hydroxylation is 1. The molecule has 0 aliphatic heterocycles. The number of anilines is 2. The summed E-state index contributed by atoms with van der Waals surface area (Å²) in [5, 5.41) is 3.09. The van der Waals surface area contributed by atoms with Gasteiger partial charge in [-0.2, -0.15) is 0 Å². The van der Waals surface area contributed by atoms with Crippen LogP contribution in [0.25, 0.3) is 0 Å². The molecule has 4 aromatic rings. The molecule has 0 radical (unpaired) electrons. The number of methoxy groups -OCH3 is 3. The molecule has 0 bridgehead atoms. The molecule has 0 spiro atoms. The lowest BCUT2D eigenvalue weighted by Gasteiger charge is -2.25. The first kappa shape index (κ1) is 29.6. The van der Waals surface area contributed by atoms with E-state index >= 15 is 0 Å². The molecule has 0 fully saturated rings. The van der Waals surface area contributed by atoms with Gasteiger partial charge in [-0.1, -0.05) is 41.4 Å². The quantitative estimate of drug-likeness (QED) is 0.217. The Balaban J connectivity index is 1.69. The third-order valence-corrected chi connectivity index (χ3v) is 8.08. The second-order valence-electron chi connectivity index (χ2n) is 8.81. The molecule has 0 saturated carbocycles. The fraction of sp³-hybridized carbons (Fsp3) is 0.167. The zero-order valence-corrected chi connectivity index (χ0v) is 24.5. The second kappa shape index (κ2) is 12.8. The monoisotopic (exact) mass is 596 g/mol. The number of carbonyl (C=O) groups is 1. The van der Waals surface area contributed by atoms with Crippen LogP contribution in [-0.4, -0.2) is 42.2 Å². The molecular weight excluding hydrogens is 568 g/mol. The van der Waals surface area contributed by atoms with Crippen LogP contribution in [0, 0.1) is 6.92 Å². The molecular formula is C30H29ClN2O7S. The van der Waals surface area contributed by atoms with E-state index < -0.39 is 22.5 Å². The summed E-state index contributed by atoms with van der Waals surface area (Å²) < 4.78 is 50.7. The van der Waals surface area contributed by atoms with Crippen molar-refractivity contribution in [3.05, 3.63) is 95.5 Å². The van der Waals surface area contributed by atoms with E-state index in [1.165, 1.54) is 51.7 Å². The molecule has 9 nitrogen and oxygen atoms in total. The van der Waals surface area contributed by atoms with Crippen LogP contribution in [-0.2, 0) is 14.8 Å². The highest BCUT2D eigenvalue weighted by molar-refractivity contribution is 7.92. The predicted octanol–water partition coefficient (Wildman–Crippen LogP) is 6.30. The SMILES string of the molecule is COc1ccc(N(CC(=O)Nc2cc(Cl)ccc2Oc2ccccc2OC)S(=O)(=O)c2ccc(C)cc2)cc1OC. The highest BCUT2D eigenvalue weighted by atomic mass is 35.5.